The summed E-state index contributed by atoms with van der Waals surface area (Å²) in [6, 6.07) is 7.00. The summed E-state index contributed by atoms with van der Waals surface area (Å²) in [6.07, 6.45) is 6.98. The maximum absolute atomic E-state index is 14.4. The van der Waals surface area contributed by atoms with Crippen LogP contribution in [-0.4, -0.2) is 66.5 Å². The summed E-state index contributed by atoms with van der Waals surface area (Å²) in [5, 5.41) is 2.89. The van der Waals surface area contributed by atoms with Crippen molar-refractivity contribution in [3.05, 3.63) is 59.8 Å². The molecule has 0 unspecified atom stereocenters. The van der Waals surface area contributed by atoms with Crippen molar-refractivity contribution in [2.24, 2.45) is 5.41 Å². The number of aryl methyl sites for hydroxylation is 1. The molecule has 1 spiro atoms. The van der Waals surface area contributed by atoms with Crippen molar-refractivity contribution < 1.29 is 23.4 Å². The molecule has 9 nitrogen and oxygen atoms in total. The topological polar surface area (TPSA) is 98.7 Å². The van der Waals surface area contributed by atoms with Gasteiger partial charge in [-0.3, -0.25) is 14.8 Å². The van der Waals surface area contributed by atoms with E-state index in [1.54, 1.807) is 18.5 Å². The second-order valence-corrected chi connectivity index (χ2v) is 11.5. The third kappa shape index (κ3) is 5.38. The minimum atomic E-state index is -1.65. The normalized spacial score (nSPS) is 18.6. The van der Waals surface area contributed by atoms with Crippen molar-refractivity contribution >= 4 is 17.3 Å². The molecule has 10 heteroatoms. The lowest BCUT2D eigenvalue weighted by Gasteiger charge is -2.52. The maximum Gasteiger partial charge on any atom is 0.255 e. The number of ether oxygens (including phenoxy) is 3. The highest BCUT2D eigenvalue weighted by molar-refractivity contribution is 6.04. The van der Waals surface area contributed by atoms with Crippen LogP contribution in [-0.2, 0) is 15.1 Å². The zero-order chi connectivity index (χ0) is 27.9. The molecule has 0 atom stereocenters. The van der Waals surface area contributed by atoms with Gasteiger partial charge in [-0.25, -0.2) is 9.37 Å². The van der Waals surface area contributed by atoms with Gasteiger partial charge in [0.15, 0.2) is 0 Å². The Hall–Kier alpha value is -3.63. The molecule has 0 radical (unpaired) electrons. The van der Waals surface area contributed by atoms with Crippen molar-refractivity contribution in [2.75, 3.05) is 49.7 Å². The molecule has 0 bridgehead atoms. The van der Waals surface area contributed by atoms with Gasteiger partial charge >= 0.3 is 0 Å². The third-order valence-corrected chi connectivity index (χ3v) is 7.89. The van der Waals surface area contributed by atoms with E-state index in [-0.39, 0.29) is 17.7 Å². The molecule has 5 heterocycles. The molecular weight excluding hydrogens is 513 g/mol. The standard InChI is InChI=1S/C30H34FN5O4/c1-19-24(12-22(16-33-19)35-27(37)20-4-5-32-26(11-20)29(2,3)31)21-10-25(36-6-8-38-9-7-36)28(34-15-21)40-23-13-30(14-23)17-39-18-30/h4-5,10-12,15-16,23H,6-9,13-14,17-18H2,1-3H3,(H,35,37). The fourth-order valence-corrected chi connectivity index (χ4v) is 5.48. The monoisotopic (exact) mass is 547 g/mol. The van der Waals surface area contributed by atoms with Crippen LogP contribution in [0.15, 0.2) is 42.9 Å². The van der Waals surface area contributed by atoms with E-state index < -0.39 is 5.67 Å². The third-order valence-electron chi connectivity index (χ3n) is 7.89. The summed E-state index contributed by atoms with van der Waals surface area (Å²) in [5.74, 6) is 0.264. The first kappa shape index (κ1) is 26.6. The lowest BCUT2D eigenvalue weighted by molar-refractivity contribution is -0.191. The van der Waals surface area contributed by atoms with E-state index >= 15 is 0 Å². The fraction of sp³-hybridized carbons (Fsp3) is 0.467. The van der Waals surface area contributed by atoms with Gasteiger partial charge < -0.3 is 24.4 Å². The number of alkyl halides is 1. The lowest BCUT2D eigenvalue weighted by Crippen LogP contribution is -2.56. The van der Waals surface area contributed by atoms with Crippen LogP contribution < -0.4 is 15.0 Å². The number of rotatable bonds is 7. The number of morpholine rings is 1. The van der Waals surface area contributed by atoms with Gasteiger partial charge in [0.1, 0.15) is 17.5 Å². The number of halogens is 1. The van der Waals surface area contributed by atoms with Gasteiger partial charge in [0.2, 0.25) is 5.88 Å². The predicted octanol–water partition coefficient (Wildman–Crippen LogP) is 4.70. The molecule has 210 valence electrons. The van der Waals surface area contributed by atoms with Gasteiger partial charge in [-0.15, -0.1) is 0 Å². The van der Waals surface area contributed by atoms with Crippen LogP contribution in [0.1, 0.15) is 48.4 Å². The van der Waals surface area contributed by atoms with Crippen molar-refractivity contribution in [1.82, 2.24) is 15.0 Å². The molecule has 3 aromatic heterocycles. The Morgan fingerprint density at radius 3 is 2.58 bits per heavy atom. The van der Waals surface area contributed by atoms with Crippen LogP contribution >= 0.6 is 0 Å². The van der Waals surface area contributed by atoms with E-state index in [0.29, 0.717) is 35.8 Å². The van der Waals surface area contributed by atoms with Crippen LogP contribution in [0.3, 0.4) is 0 Å². The molecule has 3 fully saturated rings. The Kier molecular flexibility index (Phi) is 6.92. The molecule has 3 aliphatic rings. The second-order valence-electron chi connectivity index (χ2n) is 11.5. The minimum Gasteiger partial charge on any atom is -0.473 e. The van der Waals surface area contributed by atoms with Crippen LogP contribution in [0.2, 0.25) is 0 Å². The second kappa shape index (κ2) is 10.4. The average molecular weight is 548 g/mol. The highest BCUT2D eigenvalue weighted by Gasteiger charge is 2.51. The quantitative estimate of drug-likeness (QED) is 0.455. The van der Waals surface area contributed by atoms with Crippen LogP contribution in [0.5, 0.6) is 5.88 Å². The van der Waals surface area contributed by atoms with E-state index in [4.69, 9.17) is 19.2 Å². The molecule has 1 aliphatic carbocycles. The molecular formula is C30H34FN5O4. The highest BCUT2D eigenvalue weighted by atomic mass is 19.1. The SMILES string of the molecule is Cc1ncc(NC(=O)c2ccnc(C(C)(C)F)c2)cc1-c1cnc(OC2CC3(COC3)C2)c(N2CCOCC2)c1. The predicted molar refractivity (Wildman–Crippen MR) is 148 cm³/mol. The van der Waals surface area contributed by atoms with E-state index in [9.17, 15) is 9.18 Å². The number of carbonyl (C=O) groups excluding carboxylic acids is 1. The Bertz CT molecular complexity index is 1410. The molecule has 6 rings (SSSR count). The Balaban J connectivity index is 1.25. The van der Waals surface area contributed by atoms with Crippen molar-refractivity contribution in [3.8, 4) is 17.0 Å². The maximum atomic E-state index is 14.4. The number of nitrogens with one attached hydrogen (secondary N) is 1. The number of aromatic nitrogens is 3. The molecule has 1 saturated carbocycles. The van der Waals surface area contributed by atoms with Crippen LogP contribution in [0, 0.1) is 12.3 Å². The molecule has 0 aromatic carbocycles. The Morgan fingerprint density at radius 1 is 1.10 bits per heavy atom. The summed E-state index contributed by atoms with van der Waals surface area (Å²) >= 11 is 0. The summed E-state index contributed by atoms with van der Waals surface area (Å²) in [4.78, 5) is 28.6. The summed E-state index contributed by atoms with van der Waals surface area (Å²) < 4.78 is 31.8. The smallest absolute Gasteiger partial charge is 0.255 e. The number of hydrogen-bond acceptors (Lipinski definition) is 8. The number of nitrogens with zero attached hydrogens (tertiary/aromatic N) is 4. The first-order chi connectivity index (χ1) is 19.2. The lowest BCUT2D eigenvalue weighted by atomic mass is 9.65. The van der Waals surface area contributed by atoms with Gasteiger partial charge in [-0.2, -0.15) is 0 Å². The number of hydrogen-bond donors (Lipinski definition) is 1. The minimum absolute atomic E-state index is 0.139. The van der Waals surface area contributed by atoms with Gasteiger partial charge in [-0.1, -0.05) is 0 Å². The zero-order valence-electron chi connectivity index (χ0n) is 23.1. The van der Waals surface area contributed by atoms with Crippen molar-refractivity contribution in [3.63, 3.8) is 0 Å². The van der Waals surface area contributed by atoms with Crippen molar-refractivity contribution in [1.29, 1.82) is 0 Å². The van der Waals surface area contributed by atoms with Crippen LogP contribution in [0.4, 0.5) is 15.8 Å². The van der Waals surface area contributed by atoms with Gasteiger partial charge in [0.25, 0.3) is 5.91 Å². The van der Waals surface area contributed by atoms with E-state index in [0.717, 1.165) is 61.7 Å². The van der Waals surface area contributed by atoms with Gasteiger partial charge in [-0.05, 0) is 57.9 Å². The van der Waals surface area contributed by atoms with E-state index in [1.165, 1.54) is 26.1 Å². The highest BCUT2D eigenvalue weighted by Crippen LogP contribution is 2.49. The number of pyridine rings is 3. The molecule has 3 aromatic rings. The largest absolute Gasteiger partial charge is 0.473 e. The summed E-state index contributed by atoms with van der Waals surface area (Å²) in [5.41, 5.74) is 3.15. The Labute approximate surface area is 233 Å². The van der Waals surface area contributed by atoms with E-state index in [2.05, 4.69) is 26.3 Å². The molecule has 2 saturated heterocycles. The molecule has 1 amide bonds. The molecule has 40 heavy (non-hydrogen) atoms. The number of anilines is 2. The summed E-state index contributed by atoms with van der Waals surface area (Å²) in [7, 11) is 0. The van der Waals surface area contributed by atoms with Crippen molar-refractivity contribution in [2.45, 2.75) is 45.4 Å². The molecule has 2 aliphatic heterocycles. The Morgan fingerprint density at radius 2 is 1.88 bits per heavy atom. The molecule has 1 N–H and O–H groups in total. The first-order valence-electron chi connectivity index (χ1n) is 13.7. The zero-order valence-corrected chi connectivity index (χ0v) is 23.1. The van der Waals surface area contributed by atoms with Gasteiger partial charge in [0.05, 0.1) is 44.0 Å². The number of amides is 1. The van der Waals surface area contributed by atoms with Gasteiger partial charge in [0, 0.05) is 53.3 Å². The first-order valence-corrected chi connectivity index (χ1v) is 13.7. The summed E-state index contributed by atoms with van der Waals surface area (Å²) in [6.45, 7) is 9.19. The fourth-order valence-electron chi connectivity index (χ4n) is 5.48. The van der Waals surface area contributed by atoms with E-state index in [1.807, 2.05) is 13.0 Å². The number of carbonyl (C=O) groups is 1. The average Bonchev–Trinajstić information content (AvgIpc) is 2.90. The van der Waals surface area contributed by atoms with Crippen LogP contribution in [0.25, 0.3) is 11.1 Å².